The molecule has 6 rings (SSSR count). The Kier molecular flexibility index (Phi) is 8.13. The molecule has 0 radical (unpaired) electrons. The molecule has 11 nitrogen and oxygen atoms in total. The van der Waals surface area contributed by atoms with E-state index in [1.54, 1.807) is 15.6 Å². The molecular formula is C30H34ClN9O2. The molecule has 0 bridgehead atoms. The molecule has 218 valence electrons. The smallest absolute Gasteiger partial charge is 0.275 e. The Balaban J connectivity index is 0.00000353. The van der Waals surface area contributed by atoms with Crippen molar-refractivity contribution in [3.63, 3.8) is 0 Å². The van der Waals surface area contributed by atoms with Gasteiger partial charge in [-0.3, -0.25) is 14.7 Å². The van der Waals surface area contributed by atoms with Gasteiger partial charge in [-0.25, -0.2) is 14.3 Å². The molecule has 1 fully saturated rings. The van der Waals surface area contributed by atoms with Gasteiger partial charge in [0.05, 0.1) is 23.7 Å². The average Bonchev–Trinajstić information content (AvgIpc) is 3.62. The fraction of sp³-hybridized carbons (Fsp3) is 0.333. The van der Waals surface area contributed by atoms with Crippen LogP contribution in [0.4, 0.5) is 11.6 Å². The van der Waals surface area contributed by atoms with Crippen LogP contribution in [0.5, 0.6) is 0 Å². The molecule has 4 heterocycles. The van der Waals surface area contributed by atoms with E-state index in [4.69, 9.17) is 10.8 Å². The molecule has 0 unspecified atom stereocenters. The van der Waals surface area contributed by atoms with Crippen LogP contribution in [-0.4, -0.2) is 40.6 Å². The summed E-state index contributed by atoms with van der Waals surface area (Å²) < 4.78 is 3.35. The number of halogens is 1. The van der Waals surface area contributed by atoms with Crippen molar-refractivity contribution in [3.05, 3.63) is 88.2 Å². The van der Waals surface area contributed by atoms with Gasteiger partial charge in [0.15, 0.2) is 17.5 Å². The molecule has 1 aliphatic carbocycles. The highest BCUT2D eigenvalue weighted by Crippen LogP contribution is 2.38. The summed E-state index contributed by atoms with van der Waals surface area (Å²) in [5, 5.41) is 18.4. The van der Waals surface area contributed by atoms with Crippen molar-refractivity contribution in [1.82, 2.24) is 34.7 Å². The van der Waals surface area contributed by atoms with Gasteiger partial charge in [0.2, 0.25) is 5.91 Å². The lowest BCUT2D eigenvalue weighted by Crippen LogP contribution is -2.35. The molecule has 1 aliphatic rings. The number of nitrogens with one attached hydrogen (secondary N) is 1. The minimum Gasteiger partial charge on any atom is -0.369 e. The molecule has 1 aromatic carbocycles. The summed E-state index contributed by atoms with van der Waals surface area (Å²) in [6, 6.07) is 13.1. The van der Waals surface area contributed by atoms with Crippen LogP contribution < -0.4 is 16.2 Å². The van der Waals surface area contributed by atoms with Crippen molar-refractivity contribution >= 4 is 40.7 Å². The molecule has 0 aliphatic heterocycles. The van der Waals surface area contributed by atoms with Crippen molar-refractivity contribution in [2.75, 3.05) is 4.90 Å². The second-order valence-electron chi connectivity index (χ2n) is 10.9. The Morgan fingerprint density at radius 2 is 1.81 bits per heavy atom. The van der Waals surface area contributed by atoms with Crippen LogP contribution in [0.15, 0.2) is 65.8 Å². The minimum absolute atomic E-state index is 0. The van der Waals surface area contributed by atoms with Crippen molar-refractivity contribution < 1.29 is 4.79 Å². The molecule has 1 amide bonds. The first-order chi connectivity index (χ1) is 19.8. The van der Waals surface area contributed by atoms with E-state index in [2.05, 4.69) is 27.2 Å². The third-order valence-electron chi connectivity index (χ3n) is 8.01. The van der Waals surface area contributed by atoms with Crippen LogP contribution in [0.1, 0.15) is 61.5 Å². The fourth-order valence-corrected chi connectivity index (χ4v) is 5.70. The van der Waals surface area contributed by atoms with Gasteiger partial charge in [-0.15, -0.1) is 12.4 Å². The van der Waals surface area contributed by atoms with E-state index in [0.717, 1.165) is 28.0 Å². The van der Waals surface area contributed by atoms with Gasteiger partial charge < -0.3 is 10.6 Å². The van der Waals surface area contributed by atoms with E-state index in [0.29, 0.717) is 42.7 Å². The highest BCUT2D eigenvalue weighted by molar-refractivity contribution is 5.93. The predicted molar refractivity (Wildman–Crippen MR) is 163 cm³/mol. The zero-order chi connectivity index (χ0) is 28.7. The maximum Gasteiger partial charge on any atom is 0.275 e. The minimum atomic E-state index is -0.279. The number of pyridine rings is 1. The molecule has 1 atom stereocenters. The van der Waals surface area contributed by atoms with Crippen LogP contribution in [-0.2, 0) is 4.79 Å². The summed E-state index contributed by atoms with van der Waals surface area (Å²) in [6.45, 7) is 6.01. The fourth-order valence-electron chi connectivity index (χ4n) is 5.70. The van der Waals surface area contributed by atoms with E-state index in [9.17, 15) is 9.59 Å². The predicted octanol–water partition coefficient (Wildman–Crippen LogP) is 4.85. The summed E-state index contributed by atoms with van der Waals surface area (Å²) in [5.41, 5.74) is 8.34. The summed E-state index contributed by atoms with van der Waals surface area (Å²) >= 11 is 0. The molecule has 42 heavy (non-hydrogen) atoms. The number of fused-ring (bicyclic) bond motifs is 1. The van der Waals surface area contributed by atoms with E-state index in [-0.39, 0.29) is 41.9 Å². The molecule has 5 aromatic rings. The first-order valence-electron chi connectivity index (χ1n) is 13.9. The van der Waals surface area contributed by atoms with Crippen LogP contribution in [0.25, 0.3) is 16.6 Å². The van der Waals surface area contributed by atoms with E-state index < -0.39 is 0 Å². The standard InChI is InChI=1S/C30H33N9O2.ClH/c1-18-15-33-37(17-18)26-13-10-22(16-32-26)20(3)38(27-14-19(2)34-35-27)29-24-6-4-5-7-25(24)30(41)39(36-29)23-11-8-21(9-12-23)28(31)40;/h4-7,10,13-17,20-21,23H,8-9,11-12H2,1-3H3,(H2,31,40)(H,34,35);1H/t20-,21?,23?;/m0./s1. The number of anilines is 2. The second-order valence-corrected chi connectivity index (χ2v) is 10.9. The molecule has 0 spiro atoms. The second kappa shape index (κ2) is 11.8. The van der Waals surface area contributed by atoms with Crippen molar-refractivity contribution in [1.29, 1.82) is 0 Å². The summed E-state index contributed by atoms with van der Waals surface area (Å²) in [6.07, 6.45) is 8.17. The zero-order valence-corrected chi connectivity index (χ0v) is 24.6. The number of primary amides is 1. The number of H-pyrrole nitrogens is 1. The largest absolute Gasteiger partial charge is 0.369 e. The third-order valence-corrected chi connectivity index (χ3v) is 8.01. The average molecular weight is 588 g/mol. The van der Waals surface area contributed by atoms with Crippen LogP contribution in [0, 0.1) is 19.8 Å². The van der Waals surface area contributed by atoms with Crippen LogP contribution in [0.3, 0.4) is 0 Å². The van der Waals surface area contributed by atoms with Gasteiger partial charge in [-0.05, 0) is 69.7 Å². The van der Waals surface area contributed by atoms with E-state index in [1.807, 2.05) is 73.6 Å². The summed E-state index contributed by atoms with van der Waals surface area (Å²) in [7, 11) is 0. The molecule has 4 aromatic heterocycles. The first-order valence-corrected chi connectivity index (χ1v) is 13.9. The Bertz CT molecular complexity index is 1770. The quantitative estimate of drug-likeness (QED) is 0.277. The Hall–Kier alpha value is -4.51. The van der Waals surface area contributed by atoms with E-state index >= 15 is 0 Å². The van der Waals surface area contributed by atoms with Gasteiger partial charge in [0.1, 0.15) is 0 Å². The number of carbonyl (C=O) groups is 1. The lowest BCUT2D eigenvalue weighted by Gasteiger charge is -2.32. The van der Waals surface area contributed by atoms with E-state index in [1.165, 1.54) is 0 Å². The SMILES string of the molecule is Cc1cnn(-c2ccc([C@H](C)N(c3cc(C)[nH]n3)c3nn(C4CCC(C(N)=O)CC4)c(=O)c4ccccc34)cn2)c1.Cl. The lowest BCUT2D eigenvalue weighted by molar-refractivity contribution is -0.122. The maximum atomic E-state index is 13.7. The van der Waals surface area contributed by atoms with Crippen molar-refractivity contribution in [2.45, 2.75) is 58.5 Å². The Morgan fingerprint density at radius 1 is 1.07 bits per heavy atom. The van der Waals surface area contributed by atoms with Crippen LogP contribution >= 0.6 is 12.4 Å². The Labute approximate surface area is 249 Å². The van der Waals surface area contributed by atoms with Gasteiger partial charge in [0, 0.05) is 35.5 Å². The van der Waals surface area contributed by atoms with Crippen molar-refractivity contribution in [2.24, 2.45) is 11.7 Å². The number of nitrogens with two attached hydrogens (primary N) is 1. The number of aryl methyl sites for hydroxylation is 2. The van der Waals surface area contributed by atoms with Gasteiger partial charge in [-0.1, -0.05) is 24.3 Å². The number of benzene rings is 1. The number of amides is 1. The van der Waals surface area contributed by atoms with Crippen molar-refractivity contribution in [3.8, 4) is 5.82 Å². The number of hydrogen-bond donors (Lipinski definition) is 2. The number of rotatable bonds is 7. The van der Waals surface area contributed by atoms with Gasteiger partial charge in [-0.2, -0.15) is 15.3 Å². The first kappa shape index (κ1) is 29.0. The summed E-state index contributed by atoms with van der Waals surface area (Å²) in [5.74, 6) is 1.59. The maximum absolute atomic E-state index is 13.7. The normalized spacial score (nSPS) is 17.5. The van der Waals surface area contributed by atoms with Crippen LogP contribution in [0.2, 0.25) is 0 Å². The molecule has 3 N–H and O–H groups in total. The Morgan fingerprint density at radius 3 is 2.40 bits per heavy atom. The molecule has 0 saturated heterocycles. The number of carbonyl (C=O) groups excluding carboxylic acids is 1. The van der Waals surface area contributed by atoms with Gasteiger partial charge in [0.25, 0.3) is 5.56 Å². The third kappa shape index (κ3) is 5.39. The number of hydrogen-bond acceptors (Lipinski definition) is 7. The molecule has 1 saturated carbocycles. The number of aromatic nitrogens is 7. The topological polar surface area (TPSA) is 141 Å². The zero-order valence-electron chi connectivity index (χ0n) is 23.8. The highest BCUT2D eigenvalue weighted by Gasteiger charge is 2.30. The molecular weight excluding hydrogens is 554 g/mol. The number of aromatic amines is 1. The highest BCUT2D eigenvalue weighted by atomic mass is 35.5. The molecule has 12 heteroatoms. The number of nitrogens with zero attached hydrogens (tertiary/aromatic N) is 7. The summed E-state index contributed by atoms with van der Waals surface area (Å²) in [4.78, 5) is 32.2. The monoisotopic (exact) mass is 587 g/mol. The van der Waals surface area contributed by atoms with Gasteiger partial charge >= 0.3 is 0 Å². The lowest BCUT2D eigenvalue weighted by atomic mass is 9.85.